The predicted molar refractivity (Wildman–Crippen MR) is 79.9 cm³/mol. The molecule has 0 aliphatic heterocycles. The summed E-state index contributed by atoms with van der Waals surface area (Å²) in [4.78, 5) is 0. The number of likely N-dealkylation sites (N-methyl/N-ethyl adjacent to an activating group) is 1. The Morgan fingerprint density at radius 2 is 1.95 bits per heavy atom. The lowest BCUT2D eigenvalue weighted by Gasteiger charge is -2.34. The Morgan fingerprint density at radius 3 is 2.55 bits per heavy atom. The minimum absolute atomic E-state index is 0.0148. The van der Waals surface area contributed by atoms with Crippen LogP contribution in [0.5, 0.6) is 0 Å². The van der Waals surface area contributed by atoms with Crippen LogP contribution in [-0.4, -0.2) is 19.0 Å². The predicted octanol–water partition coefficient (Wildman–Crippen LogP) is 4.95. The molecule has 0 spiro atoms. The molecule has 1 nitrogen and oxygen atoms in total. The molecule has 1 aliphatic rings. The first-order valence-electron chi connectivity index (χ1n) is 6.91. The Kier molecular flexibility index (Phi) is 5.27. The molecule has 1 N–H and O–H groups in total. The summed E-state index contributed by atoms with van der Waals surface area (Å²) in [6.45, 7) is 0. The van der Waals surface area contributed by atoms with Gasteiger partial charge in [0.05, 0.1) is 10.0 Å². The van der Waals surface area contributed by atoms with Crippen molar-refractivity contribution >= 4 is 23.2 Å². The summed E-state index contributed by atoms with van der Waals surface area (Å²) >= 11 is 12.2. The molecular formula is C15H19Cl2F2N. The molecular weight excluding hydrogens is 303 g/mol. The zero-order chi connectivity index (χ0) is 14.8. The lowest BCUT2D eigenvalue weighted by Crippen LogP contribution is -2.39. The maximum Gasteiger partial charge on any atom is 0.248 e. The summed E-state index contributed by atoms with van der Waals surface area (Å²) in [5.74, 6) is -2.22. The highest BCUT2D eigenvalue weighted by molar-refractivity contribution is 6.42. The van der Waals surface area contributed by atoms with Gasteiger partial charge in [-0.2, -0.15) is 0 Å². The molecule has 20 heavy (non-hydrogen) atoms. The third-order valence-electron chi connectivity index (χ3n) is 4.17. The summed E-state index contributed by atoms with van der Waals surface area (Å²) in [5.41, 5.74) is 0.968. The lowest BCUT2D eigenvalue weighted by molar-refractivity contribution is -0.0492. The van der Waals surface area contributed by atoms with E-state index in [1.165, 1.54) is 0 Å². The molecule has 0 saturated heterocycles. The molecule has 5 heteroatoms. The van der Waals surface area contributed by atoms with Crippen LogP contribution in [0.4, 0.5) is 8.78 Å². The van der Waals surface area contributed by atoms with Crippen LogP contribution < -0.4 is 5.32 Å². The normalized spacial score (nSPS) is 20.9. The zero-order valence-corrected chi connectivity index (χ0v) is 12.9. The van der Waals surface area contributed by atoms with Crippen LogP contribution in [0, 0.1) is 5.92 Å². The highest BCUT2D eigenvalue weighted by atomic mass is 35.5. The minimum atomic E-state index is -2.48. The van der Waals surface area contributed by atoms with Gasteiger partial charge in [0.25, 0.3) is 0 Å². The molecule has 1 saturated carbocycles. The van der Waals surface area contributed by atoms with Crippen LogP contribution in [0.2, 0.25) is 10.0 Å². The fourth-order valence-electron chi connectivity index (χ4n) is 2.91. The highest BCUT2D eigenvalue weighted by Gasteiger charge is 2.37. The van der Waals surface area contributed by atoms with Gasteiger partial charge in [-0.25, -0.2) is 8.78 Å². The van der Waals surface area contributed by atoms with Crippen LogP contribution in [0.3, 0.4) is 0 Å². The Hall–Kier alpha value is -0.380. The second-order valence-electron chi connectivity index (χ2n) is 5.51. The first-order chi connectivity index (χ1) is 9.43. The summed E-state index contributed by atoms with van der Waals surface area (Å²) in [5, 5.41) is 4.35. The van der Waals surface area contributed by atoms with Crippen molar-refractivity contribution in [1.82, 2.24) is 5.32 Å². The van der Waals surface area contributed by atoms with Crippen LogP contribution in [0.25, 0.3) is 0 Å². The third-order valence-corrected chi connectivity index (χ3v) is 5.03. The van der Waals surface area contributed by atoms with Gasteiger partial charge >= 0.3 is 0 Å². The molecule has 0 aromatic heterocycles. The topological polar surface area (TPSA) is 12.0 Å². The monoisotopic (exact) mass is 321 g/mol. The van der Waals surface area contributed by atoms with Gasteiger partial charge in [-0.15, -0.1) is 0 Å². The Balaban J connectivity index is 2.04. The molecule has 1 aromatic carbocycles. The standard InChI is InChI=1S/C15H19Cl2F2N/c1-20-13(10-5-7-15(18,19)8-6-10)9-11-3-2-4-12(16)14(11)17/h2-4,10,13,20H,5-9H2,1H3. The van der Waals surface area contributed by atoms with Crippen LogP contribution in [-0.2, 0) is 6.42 Å². The molecule has 0 heterocycles. The Bertz CT molecular complexity index is 455. The van der Waals surface area contributed by atoms with E-state index < -0.39 is 5.92 Å². The third kappa shape index (κ3) is 3.84. The van der Waals surface area contributed by atoms with Gasteiger partial charge in [0.1, 0.15) is 0 Å². The van der Waals surface area contributed by atoms with Crippen LogP contribution in [0.1, 0.15) is 31.2 Å². The van der Waals surface area contributed by atoms with E-state index in [0.717, 1.165) is 5.56 Å². The van der Waals surface area contributed by atoms with E-state index in [1.807, 2.05) is 19.2 Å². The first kappa shape index (κ1) is 16.0. The van der Waals surface area contributed by atoms with Crippen molar-refractivity contribution in [2.75, 3.05) is 7.05 Å². The smallest absolute Gasteiger partial charge is 0.248 e. The zero-order valence-electron chi connectivity index (χ0n) is 11.4. The molecule has 1 unspecified atom stereocenters. The number of nitrogens with one attached hydrogen (secondary N) is 1. The van der Waals surface area contributed by atoms with Crippen molar-refractivity contribution in [2.45, 2.75) is 44.1 Å². The number of rotatable bonds is 4. The molecule has 1 fully saturated rings. The van der Waals surface area contributed by atoms with E-state index in [0.29, 0.717) is 29.3 Å². The number of hydrogen-bond donors (Lipinski definition) is 1. The minimum Gasteiger partial charge on any atom is -0.316 e. The number of hydrogen-bond acceptors (Lipinski definition) is 1. The SMILES string of the molecule is CNC(Cc1cccc(Cl)c1Cl)C1CCC(F)(F)CC1. The molecule has 0 radical (unpaired) electrons. The van der Waals surface area contributed by atoms with Crippen molar-refractivity contribution in [3.63, 3.8) is 0 Å². The molecule has 0 bridgehead atoms. The van der Waals surface area contributed by atoms with Gasteiger partial charge in [-0.05, 0) is 43.9 Å². The van der Waals surface area contributed by atoms with E-state index in [1.54, 1.807) is 6.07 Å². The van der Waals surface area contributed by atoms with E-state index in [9.17, 15) is 8.78 Å². The lowest BCUT2D eigenvalue weighted by atomic mass is 9.80. The summed E-state index contributed by atoms with van der Waals surface area (Å²) in [7, 11) is 1.87. The van der Waals surface area contributed by atoms with Gasteiger partial charge in [-0.1, -0.05) is 35.3 Å². The molecule has 1 aromatic rings. The van der Waals surface area contributed by atoms with Crippen molar-refractivity contribution < 1.29 is 8.78 Å². The molecule has 2 rings (SSSR count). The maximum atomic E-state index is 13.2. The average Bonchev–Trinajstić information content (AvgIpc) is 2.41. The van der Waals surface area contributed by atoms with E-state index >= 15 is 0 Å². The quantitative estimate of drug-likeness (QED) is 0.827. The molecule has 112 valence electrons. The average molecular weight is 322 g/mol. The highest BCUT2D eigenvalue weighted by Crippen LogP contribution is 2.38. The Labute approximate surface area is 128 Å². The van der Waals surface area contributed by atoms with Gasteiger partial charge in [0.2, 0.25) is 5.92 Å². The van der Waals surface area contributed by atoms with Gasteiger partial charge in [-0.3, -0.25) is 0 Å². The summed E-state index contributed by atoms with van der Waals surface area (Å²) in [6.07, 6.45) is 1.79. The van der Waals surface area contributed by atoms with Crippen LogP contribution >= 0.6 is 23.2 Å². The van der Waals surface area contributed by atoms with Crippen LogP contribution in [0.15, 0.2) is 18.2 Å². The largest absolute Gasteiger partial charge is 0.316 e. The first-order valence-corrected chi connectivity index (χ1v) is 7.66. The fraction of sp³-hybridized carbons (Fsp3) is 0.600. The van der Waals surface area contributed by atoms with Crippen molar-refractivity contribution in [3.8, 4) is 0 Å². The number of alkyl halides is 2. The van der Waals surface area contributed by atoms with Crippen molar-refractivity contribution in [2.24, 2.45) is 5.92 Å². The van der Waals surface area contributed by atoms with E-state index in [2.05, 4.69) is 5.32 Å². The second-order valence-corrected chi connectivity index (χ2v) is 6.29. The fourth-order valence-corrected chi connectivity index (χ4v) is 3.31. The van der Waals surface area contributed by atoms with Crippen molar-refractivity contribution in [1.29, 1.82) is 0 Å². The summed E-state index contributed by atoms with van der Waals surface area (Å²) < 4.78 is 26.5. The second kappa shape index (κ2) is 6.59. The van der Waals surface area contributed by atoms with Gasteiger partial charge in [0.15, 0.2) is 0 Å². The Morgan fingerprint density at radius 1 is 1.30 bits per heavy atom. The molecule has 1 atom stereocenters. The molecule has 1 aliphatic carbocycles. The van der Waals surface area contributed by atoms with Gasteiger partial charge in [0, 0.05) is 18.9 Å². The van der Waals surface area contributed by atoms with E-state index in [-0.39, 0.29) is 24.8 Å². The van der Waals surface area contributed by atoms with Gasteiger partial charge < -0.3 is 5.32 Å². The van der Waals surface area contributed by atoms with Crippen molar-refractivity contribution in [3.05, 3.63) is 33.8 Å². The number of benzene rings is 1. The van der Waals surface area contributed by atoms with E-state index in [4.69, 9.17) is 23.2 Å². The summed E-state index contributed by atoms with van der Waals surface area (Å²) in [6, 6.07) is 5.71. The maximum absolute atomic E-state index is 13.2. The molecule has 0 amide bonds. The number of halogens is 4.